The molecule has 1 saturated heterocycles. The van der Waals surface area contributed by atoms with Crippen LogP contribution in [0.3, 0.4) is 0 Å². The fraction of sp³-hybridized carbons (Fsp3) is 0.200. The van der Waals surface area contributed by atoms with Crippen molar-refractivity contribution in [1.29, 1.82) is 0 Å². The summed E-state index contributed by atoms with van der Waals surface area (Å²) in [5, 5.41) is 17.7. The molecule has 2 N–H and O–H groups in total. The van der Waals surface area contributed by atoms with Gasteiger partial charge in [-0.1, -0.05) is 30.0 Å². The first-order valence-electron chi connectivity index (χ1n) is 8.65. The van der Waals surface area contributed by atoms with Gasteiger partial charge in [-0.2, -0.15) is 10.1 Å². The summed E-state index contributed by atoms with van der Waals surface area (Å²) in [6, 6.07) is 15.6. The van der Waals surface area contributed by atoms with Gasteiger partial charge in [-0.05, 0) is 48.9 Å². The van der Waals surface area contributed by atoms with Crippen molar-refractivity contribution in [1.82, 2.24) is 5.01 Å². The van der Waals surface area contributed by atoms with E-state index in [0.29, 0.717) is 16.6 Å². The highest BCUT2D eigenvalue weighted by Crippen LogP contribution is 2.30. The fourth-order valence-corrected chi connectivity index (χ4v) is 3.66. The number of anilines is 1. The number of amidine groups is 1. The first kappa shape index (κ1) is 19.6. The summed E-state index contributed by atoms with van der Waals surface area (Å²) in [7, 11) is 1.58. The number of nitrogens with zero attached hydrogens (tertiary/aromatic N) is 3. The first-order valence-corrected chi connectivity index (χ1v) is 9.53. The summed E-state index contributed by atoms with van der Waals surface area (Å²) in [5.74, 6) is -0.370. The maximum atomic E-state index is 12.8. The molecule has 0 radical (unpaired) electrons. The van der Waals surface area contributed by atoms with Crippen molar-refractivity contribution in [3.8, 4) is 5.75 Å². The molecule has 0 aromatic heterocycles. The number of phenols is 1. The van der Waals surface area contributed by atoms with Gasteiger partial charge in [0.15, 0.2) is 5.17 Å². The van der Waals surface area contributed by atoms with Gasteiger partial charge in [-0.25, -0.2) is 0 Å². The van der Waals surface area contributed by atoms with E-state index in [9.17, 15) is 14.7 Å². The summed E-state index contributed by atoms with van der Waals surface area (Å²) < 4.78 is 0. The predicted octanol–water partition coefficient (Wildman–Crippen LogP) is 3.07. The number of hydrogen-bond donors (Lipinski definition) is 2. The maximum absolute atomic E-state index is 12.8. The van der Waals surface area contributed by atoms with Crippen LogP contribution in [0.25, 0.3) is 0 Å². The number of carbonyl (C=O) groups is 2. The Kier molecular flexibility index (Phi) is 6.10. The molecule has 0 saturated carbocycles. The molecule has 3 rings (SSSR count). The number of rotatable bonds is 5. The highest BCUT2D eigenvalue weighted by Gasteiger charge is 2.39. The average Bonchev–Trinajstić information content (AvgIpc) is 2.98. The Labute approximate surface area is 167 Å². The summed E-state index contributed by atoms with van der Waals surface area (Å²) in [4.78, 5) is 29.2. The topological polar surface area (TPSA) is 94.4 Å². The van der Waals surface area contributed by atoms with E-state index >= 15 is 0 Å². The van der Waals surface area contributed by atoms with Gasteiger partial charge >= 0.3 is 0 Å². The molecule has 2 amide bonds. The maximum Gasteiger partial charge on any atom is 0.263 e. The zero-order chi connectivity index (χ0) is 20.1. The van der Waals surface area contributed by atoms with Crippen LogP contribution < -0.4 is 5.32 Å². The highest BCUT2D eigenvalue weighted by molar-refractivity contribution is 8.15. The normalized spacial score (nSPS) is 18.6. The van der Waals surface area contributed by atoms with Gasteiger partial charge in [-0.15, -0.1) is 0 Å². The third kappa shape index (κ3) is 4.58. The summed E-state index contributed by atoms with van der Waals surface area (Å²) >= 11 is 1.22. The number of benzene rings is 2. The van der Waals surface area contributed by atoms with Crippen LogP contribution in [0.4, 0.5) is 5.69 Å². The lowest BCUT2D eigenvalue weighted by Crippen LogP contribution is -2.30. The molecule has 1 aliphatic rings. The molecule has 0 unspecified atom stereocenters. The van der Waals surface area contributed by atoms with Gasteiger partial charge in [0, 0.05) is 19.2 Å². The van der Waals surface area contributed by atoms with Crippen molar-refractivity contribution < 1.29 is 14.7 Å². The molecule has 1 heterocycles. The van der Waals surface area contributed by atoms with Crippen LogP contribution in [0.5, 0.6) is 5.75 Å². The zero-order valence-corrected chi connectivity index (χ0v) is 16.3. The second-order valence-corrected chi connectivity index (χ2v) is 7.28. The number of hydrogen-bond acceptors (Lipinski definition) is 6. The Hall–Kier alpha value is -3.13. The Morgan fingerprint density at radius 3 is 2.50 bits per heavy atom. The smallest absolute Gasteiger partial charge is 0.263 e. The summed E-state index contributed by atoms with van der Waals surface area (Å²) in [6.45, 7) is 1.77. The van der Waals surface area contributed by atoms with E-state index in [2.05, 4.69) is 15.4 Å². The molecule has 0 aliphatic carbocycles. The zero-order valence-electron chi connectivity index (χ0n) is 15.5. The number of amides is 2. The van der Waals surface area contributed by atoms with Gasteiger partial charge in [0.25, 0.3) is 5.91 Å². The second-order valence-electron chi connectivity index (χ2n) is 6.11. The van der Waals surface area contributed by atoms with Crippen LogP contribution in [-0.2, 0) is 9.59 Å². The largest absolute Gasteiger partial charge is 0.508 e. The van der Waals surface area contributed by atoms with E-state index in [1.165, 1.54) is 16.8 Å². The van der Waals surface area contributed by atoms with E-state index in [1.807, 2.05) is 18.2 Å². The second kappa shape index (κ2) is 8.71. The lowest BCUT2D eigenvalue weighted by atomic mass is 10.1. The van der Waals surface area contributed by atoms with Crippen LogP contribution >= 0.6 is 11.8 Å². The van der Waals surface area contributed by atoms with Crippen molar-refractivity contribution in [2.24, 2.45) is 10.1 Å². The molecule has 0 bridgehead atoms. The van der Waals surface area contributed by atoms with Crippen LogP contribution in [0.1, 0.15) is 18.9 Å². The molecule has 1 aliphatic heterocycles. The molecule has 1 atom stereocenters. The predicted molar refractivity (Wildman–Crippen MR) is 112 cm³/mol. The Balaban J connectivity index is 1.71. The van der Waals surface area contributed by atoms with Crippen molar-refractivity contribution in [2.45, 2.75) is 18.6 Å². The Morgan fingerprint density at radius 1 is 1.18 bits per heavy atom. The summed E-state index contributed by atoms with van der Waals surface area (Å²) in [6.07, 6.45) is 0.0295. The van der Waals surface area contributed by atoms with Gasteiger partial charge in [-0.3, -0.25) is 14.6 Å². The number of aliphatic imine (C=N–C) groups is 1. The number of phenolic OH excluding ortho intramolecular Hbond substituents is 1. The van der Waals surface area contributed by atoms with Crippen LogP contribution in [0, 0.1) is 0 Å². The van der Waals surface area contributed by atoms with Crippen molar-refractivity contribution in [2.75, 3.05) is 12.4 Å². The molecule has 0 spiro atoms. The molecule has 1 fully saturated rings. The number of carbonyl (C=O) groups excluding carboxylic acids is 2. The van der Waals surface area contributed by atoms with Crippen molar-refractivity contribution in [3.63, 3.8) is 0 Å². The third-order valence-corrected chi connectivity index (χ3v) is 5.29. The lowest BCUT2D eigenvalue weighted by Gasteiger charge is -2.12. The van der Waals surface area contributed by atoms with E-state index in [0.717, 1.165) is 5.56 Å². The number of nitrogens with one attached hydrogen (secondary N) is 1. The van der Waals surface area contributed by atoms with Crippen LogP contribution in [0.15, 0.2) is 64.7 Å². The van der Waals surface area contributed by atoms with Gasteiger partial charge in [0.05, 0.1) is 5.71 Å². The van der Waals surface area contributed by atoms with Gasteiger partial charge in [0.2, 0.25) is 5.91 Å². The molecular formula is C20H20N4O3S. The minimum absolute atomic E-state index is 0.0295. The highest BCUT2D eigenvalue weighted by atomic mass is 32.2. The SMILES string of the molecule is CN=C1S[C@H](CC(=O)Nc2ccccc2)C(=O)N1/N=C(\C)c1ccc(O)cc1. The molecule has 2 aromatic carbocycles. The first-order chi connectivity index (χ1) is 13.5. The number of hydrazone groups is 1. The number of thioether (sulfide) groups is 1. The minimum atomic E-state index is -0.584. The van der Waals surface area contributed by atoms with Gasteiger partial charge in [0.1, 0.15) is 11.0 Å². The lowest BCUT2D eigenvalue weighted by molar-refractivity contribution is -0.128. The Morgan fingerprint density at radius 2 is 1.86 bits per heavy atom. The number of aromatic hydroxyl groups is 1. The molecule has 7 nitrogen and oxygen atoms in total. The summed E-state index contributed by atoms with van der Waals surface area (Å²) in [5.41, 5.74) is 2.06. The van der Waals surface area contributed by atoms with Crippen LogP contribution in [0.2, 0.25) is 0 Å². The molecular weight excluding hydrogens is 376 g/mol. The van der Waals surface area contributed by atoms with E-state index in [-0.39, 0.29) is 24.0 Å². The molecule has 8 heteroatoms. The monoisotopic (exact) mass is 396 g/mol. The number of para-hydroxylation sites is 1. The van der Waals surface area contributed by atoms with E-state index < -0.39 is 5.25 Å². The van der Waals surface area contributed by atoms with E-state index in [4.69, 9.17) is 0 Å². The quantitative estimate of drug-likeness (QED) is 0.760. The minimum Gasteiger partial charge on any atom is -0.508 e. The van der Waals surface area contributed by atoms with Crippen LogP contribution in [-0.4, -0.2) is 45.1 Å². The van der Waals surface area contributed by atoms with Crippen molar-refractivity contribution in [3.05, 3.63) is 60.2 Å². The molecule has 2 aromatic rings. The van der Waals surface area contributed by atoms with Gasteiger partial charge < -0.3 is 10.4 Å². The average molecular weight is 396 g/mol. The molecule has 144 valence electrons. The third-order valence-electron chi connectivity index (χ3n) is 4.07. The standard InChI is InChI=1S/C20H20N4O3S/c1-13(14-8-10-16(25)11-9-14)23-24-19(27)17(28-20(24)21-2)12-18(26)22-15-6-4-3-5-7-15/h3-11,17,25H,12H2,1-2H3,(H,22,26)/b21-20?,23-13+/t17-/m1/s1. The molecule has 28 heavy (non-hydrogen) atoms. The van der Waals surface area contributed by atoms with Crippen molar-refractivity contribution >= 4 is 40.1 Å². The fourth-order valence-electron chi connectivity index (χ4n) is 2.64. The Bertz CT molecular complexity index is 926. The van der Waals surface area contributed by atoms with E-state index in [1.54, 1.807) is 50.4 Å².